The van der Waals surface area contributed by atoms with Crippen LogP contribution in [0.4, 0.5) is 0 Å². The molecule has 1 aliphatic rings. The maximum Gasteiger partial charge on any atom is 0.162 e. The summed E-state index contributed by atoms with van der Waals surface area (Å²) >= 11 is 1.91. The van der Waals surface area contributed by atoms with Crippen LogP contribution < -0.4 is 0 Å². The SMILES string of the molecule is CCON=C(CC)CC1=C(O)CC(CC(C)SCC)CC1=O. The number of rotatable bonds is 9. The minimum absolute atomic E-state index is 0.0695. The first-order valence-corrected chi connectivity index (χ1v) is 9.30. The molecule has 0 saturated heterocycles. The van der Waals surface area contributed by atoms with Gasteiger partial charge in [-0.1, -0.05) is 25.9 Å². The molecule has 0 spiro atoms. The first kappa shape index (κ1) is 19.1. The smallest absolute Gasteiger partial charge is 0.162 e. The van der Waals surface area contributed by atoms with Crippen molar-refractivity contribution in [1.82, 2.24) is 0 Å². The second-order valence-corrected chi connectivity index (χ2v) is 7.45. The molecular formula is C17H29NO3S. The van der Waals surface area contributed by atoms with E-state index < -0.39 is 0 Å². The van der Waals surface area contributed by atoms with Crippen LogP contribution in [0.15, 0.2) is 16.5 Å². The van der Waals surface area contributed by atoms with Crippen LogP contribution in [0.25, 0.3) is 0 Å². The first-order chi connectivity index (χ1) is 10.5. The third-order valence-corrected chi connectivity index (χ3v) is 4.96. The second kappa shape index (κ2) is 9.93. The minimum atomic E-state index is 0.0695. The van der Waals surface area contributed by atoms with E-state index in [4.69, 9.17) is 4.84 Å². The van der Waals surface area contributed by atoms with Crippen molar-refractivity contribution in [2.45, 2.75) is 65.0 Å². The number of ketones is 1. The van der Waals surface area contributed by atoms with Crippen LogP contribution in [0.5, 0.6) is 0 Å². The number of allylic oxidation sites excluding steroid dienone is 2. The molecule has 0 fully saturated rings. The fourth-order valence-electron chi connectivity index (χ4n) is 2.79. The molecule has 0 aromatic rings. The Kier molecular flexibility index (Phi) is 8.61. The van der Waals surface area contributed by atoms with Gasteiger partial charge in [0.25, 0.3) is 0 Å². The molecule has 0 bridgehead atoms. The van der Waals surface area contributed by atoms with Crippen LogP contribution in [0.3, 0.4) is 0 Å². The lowest BCUT2D eigenvalue weighted by molar-refractivity contribution is -0.117. The molecule has 126 valence electrons. The van der Waals surface area contributed by atoms with Gasteiger partial charge in [0.05, 0.1) is 11.5 Å². The molecule has 2 unspecified atom stereocenters. The highest BCUT2D eigenvalue weighted by Gasteiger charge is 2.29. The minimum Gasteiger partial charge on any atom is -0.512 e. The molecule has 1 N–H and O–H groups in total. The standard InChI is InChI=1S/C17H29NO3S/c1-5-14(18-21-6-2)11-15-16(19)9-13(10-17(15)20)8-12(4)22-7-3/h12-13,19H,5-11H2,1-4H3. The van der Waals surface area contributed by atoms with Gasteiger partial charge in [-0.2, -0.15) is 11.8 Å². The van der Waals surface area contributed by atoms with E-state index in [1.165, 1.54) is 0 Å². The number of thioether (sulfide) groups is 1. The zero-order chi connectivity index (χ0) is 16.5. The van der Waals surface area contributed by atoms with Crippen molar-refractivity contribution >= 4 is 23.3 Å². The highest BCUT2D eigenvalue weighted by molar-refractivity contribution is 7.99. The molecule has 0 aliphatic heterocycles. The molecule has 22 heavy (non-hydrogen) atoms. The lowest BCUT2D eigenvalue weighted by Gasteiger charge is -2.25. The quantitative estimate of drug-likeness (QED) is 0.500. The van der Waals surface area contributed by atoms with E-state index >= 15 is 0 Å². The fourth-order valence-corrected chi connectivity index (χ4v) is 3.76. The Morgan fingerprint density at radius 2 is 2.14 bits per heavy atom. The van der Waals surface area contributed by atoms with Crippen molar-refractivity contribution < 1.29 is 14.7 Å². The van der Waals surface area contributed by atoms with Gasteiger partial charge in [-0.3, -0.25) is 4.79 Å². The second-order valence-electron chi connectivity index (χ2n) is 5.73. The van der Waals surface area contributed by atoms with Crippen LogP contribution >= 0.6 is 11.8 Å². The Morgan fingerprint density at radius 1 is 1.41 bits per heavy atom. The van der Waals surface area contributed by atoms with Gasteiger partial charge in [-0.05, 0) is 31.4 Å². The molecule has 0 radical (unpaired) electrons. The lowest BCUT2D eigenvalue weighted by atomic mass is 9.82. The molecule has 0 aromatic carbocycles. The third kappa shape index (κ3) is 6.03. The fraction of sp³-hybridized carbons (Fsp3) is 0.765. The summed E-state index contributed by atoms with van der Waals surface area (Å²) in [6, 6.07) is 0. The number of oxime groups is 1. The Morgan fingerprint density at radius 3 is 2.68 bits per heavy atom. The normalized spacial score (nSPS) is 21.2. The van der Waals surface area contributed by atoms with Gasteiger partial charge in [0, 0.05) is 30.1 Å². The highest BCUT2D eigenvalue weighted by Crippen LogP contribution is 2.33. The number of aliphatic hydroxyl groups is 1. The largest absolute Gasteiger partial charge is 0.512 e. The number of aliphatic hydroxyl groups excluding tert-OH is 1. The van der Waals surface area contributed by atoms with E-state index in [9.17, 15) is 9.90 Å². The summed E-state index contributed by atoms with van der Waals surface area (Å²) in [7, 11) is 0. The molecule has 2 atom stereocenters. The Hall–Kier alpha value is -0.970. The predicted octanol–water partition coefficient (Wildman–Crippen LogP) is 4.50. The van der Waals surface area contributed by atoms with E-state index in [0.717, 1.165) is 24.3 Å². The predicted molar refractivity (Wildman–Crippen MR) is 93.6 cm³/mol. The Labute approximate surface area is 138 Å². The summed E-state index contributed by atoms with van der Waals surface area (Å²) in [6.45, 7) is 8.71. The maximum atomic E-state index is 12.4. The molecule has 1 rings (SSSR count). The van der Waals surface area contributed by atoms with E-state index in [0.29, 0.717) is 36.7 Å². The zero-order valence-electron chi connectivity index (χ0n) is 14.2. The third-order valence-electron chi connectivity index (χ3n) is 3.87. The summed E-state index contributed by atoms with van der Waals surface area (Å²) < 4.78 is 0. The van der Waals surface area contributed by atoms with Crippen molar-refractivity contribution in [1.29, 1.82) is 0 Å². The summed E-state index contributed by atoms with van der Waals surface area (Å²) in [5.41, 5.74) is 1.34. The first-order valence-electron chi connectivity index (χ1n) is 8.25. The van der Waals surface area contributed by atoms with E-state index in [1.54, 1.807) is 0 Å². The molecule has 0 aromatic heterocycles. The van der Waals surface area contributed by atoms with Gasteiger partial charge in [0.1, 0.15) is 6.61 Å². The van der Waals surface area contributed by atoms with Gasteiger partial charge in [0.2, 0.25) is 0 Å². The summed E-state index contributed by atoms with van der Waals surface area (Å²) in [6.07, 6.45) is 3.26. The van der Waals surface area contributed by atoms with Gasteiger partial charge in [-0.25, -0.2) is 0 Å². The summed E-state index contributed by atoms with van der Waals surface area (Å²) in [5, 5.41) is 14.8. The average Bonchev–Trinajstić information content (AvgIpc) is 2.46. The molecule has 0 heterocycles. The van der Waals surface area contributed by atoms with Gasteiger partial charge in [0.15, 0.2) is 5.78 Å². The van der Waals surface area contributed by atoms with Gasteiger partial charge >= 0.3 is 0 Å². The molecule has 5 heteroatoms. The summed E-state index contributed by atoms with van der Waals surface area (Å²) in [5.74, 6) is 1.68. The van der Waals surface area contributed by atoms with Crippen molar-refractivity contribution in [3.63, 3.8) is 0 Å². The van der Waals surface area contributed by atoms with Crippen molar-refractivity contribution in [2.75, 3.05) is 12.4 Å². The van der Waals surface area contributed by atoms with Crippen molar-refractivity contribution in [3.05, 3.63) is 11.3 Å². The van der Waals surface area contributed by atoms with Gasteiger partial charge in [-0.15, -0.1) is 0 Å². The Balaban J connectivity index is 2.70. The van der Waals surface area contributed by atoms with Crippen molar-refractivity contribution in [3.8, 4) is 0 Å². The molecular weight excluding hydrogens is 298 g/mol. The molecule has 4 nitrogen and oxygen atoms in total. The van der Waals surface area contributed by atoms with Crippen LogP contribution in [0, 0.1) is 5.92 Å². The lowest BCUT2D eigenvalue weighted by Crippen LogP contribution is -2.23. The maximum absolute atomic E-state index is 12.4. The molecule has 0 amide bonds. The average molecular weight is 327 g/mol. The molecule has 0 saturated carbocycles. The van der Waals surface area contributed by atoms with Crippen LogP contribution in [-0.2, 0) is 9.63 Å². The number of carbonyl (C=O) groups excluding carboxylic acids is 1. The van der Waals surface area contributed by atoms with E-state index in [2.05, 4.69) is 19.0 Å². The number of Topliss-reactive ketones (excluding diaryl/α,β-unsaturated/α-hetero) is 1. The van der Waals surface area contributed by atoms with Crippen LogP contribution in [-0.4, -0.2) is 34.2 Å². The summed E-state index contributed by atoms with van der Waals surface area (Å²) in [4.78, 5) is 17.4. The number of nitrogens with zero attached hydrogens (tertiary/aromatic N) is 1. The number of hydrogen-bond donors (Lipinski definition) is 1. The van der Waals surface area contributed by atoms with E-state index in [-0.39, 0.29) is 17.5 Å². The van der Waals surface area contributed by atoms with E-state index in [1.807, 2.05) is 25.6 Å². The van der Waals surface area contributed by atoms with Crippen LogP contribution in [0.2, 0.25) is 0 Å². The van der Waals surface area contributed by atoms with Crippen molar-refractivity contribution in [2.24, 2.45) is 11.1 Å². The number of hydrogen-bond acceptors (Lipinski definition) is 5. The number of carbonyl (C=O) groups is 1. The van der Waals surface area contributed by atoms with Crippen LogP contribution in [0.1, 0.15) is 59.8 Å². The topological polar surface area (TPSA) is 58.9 Å². The highest BCUT2D eigenvalue weighted by atomic mass is 32.2. The zero-order valence-corrected chi connectivity index (χ0v) is 15.0. The molecule has 1 aliphatic carbocycles. The monoisotopic (exact) mass is 327 g/mol. The van der Waals surface area contributed by atoms with Gasteiger partial charge < -0.3 is 9.94 Å². The Bertz CT molecular complexity index is 432.